The lowest BCUT2D eigenvalue weighted by atomic mass is 10.2. The summed E-state index contributed by atoms with van der Waals surface area (Å²) in [6.07, 6.45) is 6.70. The zero-order valence-corrected chi connectivity index (χ0v) is 10.3. The van der Waals surface area contributed by atoms with Gasteiger partial charge in [-0.25, -0.2) is 0 Å². The van der Waals surface area contributed by atoms with E-state index in [0.29, 0.717) is 0 Å². The number of nitrogens with zero attached hydrogens (tertiary/aromatic N) is 1. The normalized spacial score (nSPS) is 19.4. The number of carbonyl (C=O) groups excluding carboxylic acids is 1. The fraction of sp³-hybridized carbons (Fsp3) is 0.833. The molecule has 0 aromatic carbocycles. The zero-order chi connectivity index (χ0) is 11.8. The van der Waals surface area contributed by atoms with Crippen LogP contribution in [-0.2, 0) is 9.53 Å². The molecule has 1 amide bonds. The number of carbonyl (C=O) groups is 1. The van der Waals surface area contributed by atoms with Gasteiger partial charge in [0.05, 0.1) is 13.1 Å². The number of quaternary nitrogens is 1. The minimum Gasteiger partial charge on any atom is -0.572 e. The predicted molar refractivity (Wildman–Crippen MR) is 62.7 cm³/mol. The molecule has 1 atom stereocenters. The van der Waals surface area contributed by atoms with E-state index in [0.717, 1.165) is 19.6 Å². The topological polar surface area (TPSA) is 43.1 Å². The van der Waals surface area contributed by atoms with Crippen LogP contribution in [0.25, 0.3) is 0 Å². The molecule has 4 nitrogen and oxygen atoms in total. The van der Waals surface area contributed by atoms with Crippen molar-refractivity contribution in [2.24, 2.45) is 4.99 Å². The molecule has 0 aromatic rings. The lowest BCUT2D eigenvalue weighted by molar-refractivity contribution is -0.902. The molecule has 1 aliphatic rings. The largest absolute Gasteiger partial charge is 0.572 e. The standard InChI is InChI=1S/C12H21N2O2/c1-3-5-7-14(8-6-4-2)9-11-12(15)13-10-16-11/h11H,3-9H2,1-2H3/q-1/p+1. The molecule has 1 aliphatic heterocycles. The van der Waals surface area contributed by atoms with E-state index in [2.05, 4.69) is 25.2 Å². The van der Waals surface area contributed by atoms with Crippen LogP contribution in [0.2, 0.25) is 0 Å². The second-order valence-corrected chi connectivity index (χ2v) is 4.31. The summed E-state index contributed by atoms with van der Waals surface area (Å²) in [5.74, 6) is -0.175. The smallest absolute Gasteiger partial charge is 0.137 e. The Balaban J connectivity index is 2.33. The maximum Gasteiger partial charge on any atom is 0.137 e. The predicted octanol–water partition coefficient (Wildman–Crippen LogP) is 0.302. The third-order valence-electron chi connectivity index (χ3n) is 2.87. The van der Waals surface area contributed by atoms with Gasteiger partial charge in [-0.15, -0.1) is 0 Å². The maximum absolute atomic E-state index is 11.3. The number of aliphatic imine (C=N–C) groups is 1. The van der Waals surface area contributed by atoms with Gasteiger partial charge in [-0.1, -0.05) is 26.7 Å². The first-order valence-electron chi connectivity index (χ1n) is 6.26. The Labute approximate surface area is 97.7 Å². The van der Waals surface area contributed by atoms with E-state index in [1.807, 2.05) is 0 Å². The Morgan fingerprint density at radius 1 is 1.31 bits per heavy atom. The lowest BCUT2D eigenvalue weighted by Gasteiger charge is -2.23. The molecular weight excluding hydrogens is 204 g/mol. The van der Waals surface area contributed by atoms with Crippen molar-refractivity contribution in [3.63, 3.8) is 0 Å². The van der Waals surface area contributed by atoms with Crippen LogP contribution in [0, 0.1) is 0 Å². The van der Waals surface area contributed by atoms with Crippen molar-refractivity contribution < 1.29 is 14.4 Å². The van der Waals surface area contributed by atoms with Crippen LogP contribution in [0.5, 0.6) is 0 Å². The van der Waals surface area contributed by atoms with Gasteiger partial charge in [0.1, 0.15) is 18.6 Å². The van der Waals surface area contributed by atoms with E-state index in [1.165, 1.54) is 30.6 Å². The van der Waals surface area contributed by atoms with Gasteiger partial charge in [0.15, 0.2) is 0 Å². The molecule has 0 bridgehead atoms. The van der Waals surface area contributed by atoms with Crippen molar-refractivity contribution in [2.45, 2.75) is 45.6 Å². The van der Waals surface area contributed by atoms with Crippen molar-refractivity contribution in [3.8, 4) is 0 Å². The number of ether oxygens (including phenoxy) is 1. The highest BCUT2D eigenvalue weighted by molar-refractivity contribution is 5.91. The van der Waals surface area contributed by atoms with Gasteiger partial charge in [0.2, 0.25) is 0 Å². The number of rotatable bonds is 8. The second-order valence-electron chi connectivity index (χ2n) is 4.31. The number of amides is 1. The highest BCUT2D eigenvalue weighted by atomic mass is 16.5. The summed E-state index contributed by atoms with van der Waals surface area (Å²) in [6, 6.07) is 0. The van der Waals surface area contributed by atoms with Crippen molar-refractivity contribution in [1.29, 1.82) is 0 Å². The molecule has 0 fully saturated rings. The van der Waals surface area contributed by atoms with Crippen molar-refractivity contribution in [1.82, 2.24) is 0 Å². The van der Waals surface area contributed by atoms with Gasteiger partial charge in [-0.3, -0.25) is 0 Å². The van der Waals surface area contributed by atoms with Gasteiger partial charge < -0.3 is 19.4 Å². The number of nitrogens with one attached hydrogen (secondary N) is 1. The average Bonchev–Trinajstić information content (AvgIpc) is 2.68. The Bertz CT molecular complexity index is 233. The minimum absolute atomic E-state index is 0.175. The first-order valence-corrected chi connectivity index (χ1v) is 6.26. The van der Waals surface area contributed by atoms with Gasteiger partial charge in [0, 0.05) is 6.40 Å². The van der Waals surface area contributed by atoms with Crippen LogP contribution in [0.4, 0.5) is 0 Å². The van der Waals surface area contributed by atoms with E-state index < -0.39 is 0 Å². The first-order chi connectivity index (χ1) is 7.77. The highest BCUT2D eigenvalue weighted by Gasteiger charge is 2.19. The summed E-state index contributed by atoms with van der Waals surface area (Å²) < 4.78 is 5.07. The molecule has 1 rings (SSSR count). The second kappa shape index (κ2) is 7.39. The molecule has 4 heteroatoms. The Kier molecular flexibility index (Phi) is 6.08. The quantitative estimate of drug-likeness (QED) is 0.605. The number of hydrogen-bond donors (Lipinski definition) is 1. The summed E-state index contributed by atoms with van der Waals surface area (Å²) >= 11 is 0. The van der Waals surface area contributed by atoms with E-state index in [1.54, 1.807) is 0 Å². The molecule has 16 heavy (non-hydrogen) atoms. The minimum atomic E-state index is -0.385. The highest BCUT2D eigenvalue weighted by Crippen LogP contribution is 1.98. The van der Waals surface area contributed by atoms with E-state index >= 15 is 0 Å². The first kappa shape index (κ1) is 13.2. The number of unbranched alkanes of at least 4 members (excludes halogenated alkanes) is 2. The fourth-order valence-electron chi connectivity index (χ4n) is 1.83. The lowest BCUT2D eigenvalue weighted by Crippen LogP contribution is -3.13. The van der Waals surface area contributed by atoms with Crippen molar-refractivity contribution >= 4 is 12.3 Å². The monoisotopic (exact) mass is 226 g/mol. The van der Waals surface area contributed by atoms with Crippen molar-refractivity contribution in [3.05, 3.63) is 0 Å². The average molecular weight is 226 g/mol. The molecule has 0 spiro atoms. The molecule has 0 saturated carbocycles. The third-order valence-corrected chi connectivity index (χ3v) is 2.87. The molecule has 0 saturated heterocycles. The molecule has 1 N–H and O–H groups in total. The molecule has 1 heterocycles. The van der Waals surface area contributed by atoms with E-state index in [4.69, 9.17) is 4.74 Å². The Morgan fingerprint density at radius 2 is 1.94 bits per heavy atom. The Hall–Kier alpha value is -0.900. The summed E-state index contributed by atoms with van der Waals surface area (Å²) in [6.45, 7) is 7.33. The van der Waals surface area contributed by atoms with Crippen LogP contribution < -0.4 is 4.90 Å². The molecule has 1 unspecified atom stereocenters. The SMILES string of the molecule is CCCC[NH+](CCCC)CC1O[C-]=NC1=O. The van der Waals surface area contributed by atoms with Crippen LogP contribution in [-0.4, -0.2) is 38.0 Å². The third kappa shape index (κ3) is 4.31. The van der Waals surface area contributed by atoms with Gasteiger partial charge in [0.25, 0.3) is 0 Å². The van der Waals surface area contributed by atoms with Gasteiger partial charge >= 0.3 is 0 Å². The van der Waals surface area contributed by atoms with Crippen LogP contribution >= 0.6 is 0 Å². The maximum atomic E-state index is 11.3. The summed E-state index contributed by atoms with van der Waals surface area (Å²) in [7, 11) is 0. The van der Waals surface area contributed by atoms with Gasteiger partial charge in [-0.2, -0.15) is 0 Å². The molecule has 0 radical (unpaired) electrons. The fourth-order valence-corrected chi connectivity index (χ4v) is 1.83. The van der Waals surface area contributed by atoms with Crippen LogP contribution in [0.1, 0.15) is 39.5 Å². The molecule has 0 aliphatic carbocycles. The van der Waals surface area contributed by atoms with E-state index in [-0.39, 0.29) is 12.0 Å². The Morgan fingerprint density at radius 3 is 2.38 bits per heavy atom. The number of hydrogen-bond acceptors (Lipinski definition) is 2. The summed E-state index contributed by atoms with van der Waals surface area (Å²) in [5, 5.41) is 0. The van der Waals surface area contributed by atoms with Crippen LogP contribution in [0.15, 0.2) is 4.99 Å². The molecule has 92 valence electrons. The molecular formula is C12H22N2O2. The van der Waals surface area contributed by atoms with E-state index in [9.17, 15) is 4.79 Å². The summed E-state index contributed by atoms with van der Waals surface area (Å²) in [5.41, 5.74) is 0. The zero-order valence-electron chi connectivity index (χ0n) is 10.3. The van der Waals surface area contributed by atoms with Crippen LogP contribution in [0.3, 0.4) is 0 Å². The molecule has 0 aromatic heterocycles. The van der Waals surface area contributed by atoms with Gasteiger partial charge in [-0.05, 0) is 12.8 Å². The van der Waals surface area contributed by atoms with Crippen molar-refractivity contribution in [2.75, 3.05) is 19.6 Å². The summed E-state index contributed by atoms with van der Waals surface area (Å²) in [4.78, 5) is 16.2.